The van der Waals surface area contributed by atoms with Gasteiger partial charge in [-0.05, 0) is 24.3 Å². The molecule has 3 rings (SSSR count). The fourth-order valence-electron chi connectivity index (χ4n) is 1.89. The van der Waals surface area contributed by atoms with Gasteiger partial charge in [0.25, 0.3) is 5.56 Å². The Labute approximate surface area is 129 Å². The van der Waals surface area contributed by atoms with Crippen molar-refractivity contribution in [2.24, 2.45) is 0 Å². The molecule has 0 amide bonds. The number of benzene rings is 1. The number of aromatic amines is 1. The van der Waals surface area contributed by atoms with E-state index in [1.165, 1.54) is 6.07 Å². The Morgan fingerprint density at radius 1 is 1.05 bits per heavy atom. The summed E-state index contributed by atoms with van der Waals surface area (Å²) < 4.78 is 1.65. The highest BCUT2D eigenvalue weighted by Gasteiger charge is 2.10. The molecule has 1 aromatic carbocycles. The number of pyridine rings is 1. The third-order valence-corrected chi connectivity index (χ3v) is 3.62. The largest absolute Gasteiger partial charge is 0.292 e. The number of nitrogens with one attached hydrogen (secondary N) is 1. The summed E-state index contributed by atoms with van der Waals surface area (Å²) in [7, 11) is 0. The van der Waals surface area contributed by atoms with E-state index < -0.39 is 0 Å². The maximum absolute atomic E-state index is 11.9. The average Bonchev–Trinajstić information content (AvgIpc) is 2.55. The predicted molar refractivity (Wildman–Crippen MR) is 85.6 cm³/mol. The summed E-state index contributed by atoms with van der Waals surface area (Å²) >= 11 is 3.42. The molecule has 3 aromatic rings. The first kappa shape index (κ1) is 13.5. The van der Waals surface area contributed by atoms with Crippen molar-refractivity contribution in [3.8, 4) is 11.3 Å². The van der Waals surface area contributed by atoms with Crippen LogP contribution in [0.3, 0.4) is 0 Å². The number of anilines is 2. The summed E-state index contributed by atoms with van der Waals surface area (Å²) in [4.78, 5) is 23.0. The van der Waals surface area contributed by atoms with Gasteiger partial charge in [0.2, 0.25) is 5.95 Å². The Bertz CT molecular complexity index is 790. The first-order valence-electron chi connectivity index (χ1n) is 6.27. The van der Waals surface area contributed by atoms with Crippen molar-refractivity contribution in [2.75, 3.05) is 3.93 Å². The van der Waals surface area contributed by atoms with Crippen molar-refractivity contribution in [1.29, 1.82) is 0 Å². The number of nitrogens with zero attached hydrogens (tertiary/aromatic N) is 3. The number of halogens is 1. The van der Waals surface area contributed by atoms with Gasteiger partial charge in [0.1, 0.15) is 0 Å². The Hall–Kier alpha value is -2.47. The SMILES string of the molecule is O=c1cc(-c2ccncc2)nc(N(Br)c2ccccc2)[nH]1. The zero-order valence-corrected chi connectivity index (χ0v) is 12.5. The summed E-state index contributed by atoms with van der Waals surface area (Å²) in [5.74, 6) is 0.417. The Kier molecular flexibility index (Phi) is 3.79. The van der Waals surface area contributed by atoms with Crippen LogP contribution in [0.15, 0.2) is 65.7 Å². The molecule has 1 N–H and O–H groups in total. The van der Waals surface area contributed by atoms with Gasteiger partial charge in [-0.2, -0.15) is 0 Å². The number of para-hydroxylation sites is 1. The molecule has 5 nitrogen and oxygen atoms in total. The molecular formula is C15H11BrN4O. The molecule has 2 heterocycles. The third-order valence-electron chi connectivity index (χ3n) is 2.87. The van der Waals surface area contributed by atoms with Crippen LogP contribution >= 0.6 is 16.1 Å². The van der Waals surface area contributed by atoms with Gasteiger partial charge < -0.3 is 0 Å². The second kappa shape index (κ2) is 5.88. The zero-order chi connectivity index (χ0) is 14.7. The molecule has 0 saturated heterocycles. The number of hydrogen-bond donors (Lipinski definition) is 1. The minimum absolute atomic E-state index is 0.216. The van der Waals surface area contributed by atoms with Crippen LogP contribution < -0.4 is 9.49 Å². The highest BCUT2D eigenvalue weighted by molar-refractivity contribution is 9.10. The first-order valence-corrected chi connectivity index (χ1v) is 6.98. The van der Waals surface area contributed by atoms with Gasteiger partial charge in [-0.25, -0.2) is 8.91 Å². The quantitative estimate of drug-likeness (QED) is 0.742. The minimum atomic E-state index is -0.216. The van der Waals surface area contributed by atoms with E-state index in [2.05, 4.69) is 31.1 Å². The van der Waals surface area contributed by atoms with Gasteiger partial charge >= 0.3 is 0 Å². The molecule has 0 aliphatic rings. The van der Waals surface area contributed by atoms with E-state index in [0.717, 1.165) is 11.3 Å². The van der Waals surface area contributed by atoms with E-state index in [9.17, 15) is 4.79 Å². The van der Waals surface area contributed by atoms with Crippen LogP contribution in [-0.4, -0.2) is 15.0 Å². The highest BCUT2D eigenvalue weighted by Crippen LogP contribution is 2.26. The molecule has 0 spiro atoms. The van der Waals surface area contributed by atoms with Crippen molar-refractivity contribution in [2.45, 2.75) is 0 Å². The highest BCUT2D eigenvalue weighted by atomic mass is 79.9. The maximum Gasteiger partial charge on any atom is 0.252 e. The lowest BCUT2D eigenvalue weighted by Gasteiger charge is -2.15. The summed E-state index contributed by atoms with van der Waals surface area (Å²) in [5.41, 5.74) is 2.09. The normalized spacial score (nSPS) is 10.3. The number of H-pyrrole nitrogens is 1. The minimum Gasteiger partial charge on any atom is -0.292 e. The zero-order valence-electron chi connectivity index (χ0n) is 10.9. The molecule has 0 radical (unpaired) electrons. The number of hydrogen-bond acceptors (Lipinski definition) is 4. The first-order chi connectivity index (χ1) is 10.2. The second-order valence-corrected chi connectivity index (χ2v) is 5.02. The van der Waals surface area contributed by atoms with E-state index in [0.29, 0.717) is 11.6 Å². The molecule has 0 aliphatic carbocycles. The van der Waals surface area contributed by atoms with Crippen molar-refractivity contribution in [3.05, 3.63) is 71.3 Å². The van der Waals surface area contributed by atoms with E-state index >= 15 is 0 Å². The fourth-order valence-corrected chi connectivity index (χ4v) is 2.29. The summed E-state index contributed by atoms with van der Waals surface area (Å²) in [6.45, 7) is 0. The van der Waals surface area contributed by atoms with E-state index in [4.69, 9.17) is 0 Å². The van der Waals surface area contributed by atoms with Crippen LogP contribution in [0.25, 0.3) is 11.3 Å². The Morgan fingerprint density at radius 2 is 1.76 bits per heavy atom. The smallest absolute Gasteiger partial charge is 0.252 e. The van der Waals surface area contributed by atoms with Crippen LogP contribution in [-0.2, 0) is 0 Å². The topological polar surface area (TPSA) is 61.9 Å². The molecule has 2 aromatic heterocycles. The fraction of sp³-hybridized carbons (Fsp3) is 0. The molecule has 104 valence electrons. The lowest BCUT2D eigenvalue weighted by molar-refractivity contribution is 1.10. The second-order valence-electron chi connectivity index (χ2n) is 4.31. The van der Waals surface area contributed by atoms with E-state index in [1.807, 2.05) is 42.5 Å². The van der Waals surface area contributed by atoms with Crippen molar-refractivity contribution >= 4 is 27.8 Å². The predicted octanol–water partition coefficient (Wildman–Crippen LogP) is 3.28. The molecule has 0 bridgehead atoms. The van der Waals surface area contributed by atoms with Gasteiger partial charge in [-0.15, -0.1) is 0 Å². The van der Waals surface area contributed by atoms with Gasteiger partial charge in [0.15, 0.2) is 0 Å². The summed E-state index contributed by atoms with van der Waals surface area (Å²) in [6.07, 6.45) is 3.34. The molecule has 0 saturated carbocycles. The van der Waals surface area contributed by atoms with Gasteiger partial charge in [0.05, 0.1) is 27.5 Å². The lowest BCUT2D eigenvalue weighted by atomic mass is 10.2. The van der Waals surface area contributed by atoms with Crippen LogP contribution in [0.1, 0.15) is 0 Å². The van der Waals surface area contributed by atoms with E-state index in [1.54, 1.807) is 16.3 Å². The molecule has 0 aliphatic heterocycles. The van der Waals surface area contributed by atoms with E-state index in [-0.39, 0.29) is 5.56 Å². The standard InChI is InChI=1S/C15H11BrN4O/c16-20(12-4-2-1-3-5-12)15-18-13(10-14(21)19-15)11-6-8-17-9-7-11/h1-10H,(H,18,19,21). The average molecular weight is 343 g/mol. The molecular weight excluding hydrogens is 332 g/mol. The molecule has 6 heteroatoms. The van der Waals surface area contributed by atoms with Crippen LogP contribution in [0.4, 0.5) is 11.6 Å². The molecule has 21 heavy (non-hydrogen) atoms. The number of aromatic nitrogens is 3. The summed E-state index contributed by atoms with van der Waals surface area (Å²) in [5, 5.41) is 0. The summed E-state index contributed by atoms with van der Waals surface area (Å²) in [6, 6.07) is 14.7. The number of rotatable bonds is 3. The molecule has 0 atom stereocenters. The Morgan fingerprint density at radius 3 is 2.48 bits per heavy atom. The van der Waals surface area contributed by atoms with Crippen LogP contribution in [0.2, 0.25) is 0 Å². The van der Waals surface area contributed by atoms with Gasteiger partial charge in [-0.3, -0.25) is 14.8 Å². The third kappa shape index (κ3) is 3.00. The molecule has 0 fully saturated rings. The monoisotopic (exact) mass is 342 g/mol. The van der Waals surface area contributed by atoms with Crippen molar-refractivity contribution in [3.63, 3.8) is 0 Å². The van der Waals surface area contributed by atoms with Crippen LogP contribution in [0, 0.1) is 0 Å². The van der Waals surface area contributed by atoms with Crippen molar-refractivity contribution < 1.29 is 0 Å². The van der Waals surface area contributed by atoms with Crippen LogP contribution in [0.5, 0.6) is 0 Å². The van der Waals surface area contributed by atoms with Crippen molar-refractivity contribution in [1.82, 2.24) is 15.0 Å². The maximum atomic E-state index is 11.9. The Balaban J connectivity index is 2.05. The lowest BCUT2D eigenvalue weighted by Crippen LogP contribution is -2.14. The van der Waals surface area contributed by atoms with Gasteiger partial charge in [-0.1, -0.05) is 18.2 Å². The molecule has 0 unspecified atom stereocenters. The van der Waals surface area contributed by atoms with Gasteiger partial charge in [0, 0.05) is 24.0 Å².